The second-order valence-electron chi connectivity index (χ2n) is 5.22. The minimum Gasteiger partial charge on any atom is -0.312 e. The lowest BCUT2D eigenvalue weighted by molar-refractivity contribution is 0.597. The first kappa shape index (κ1) is 15.1. The van der Waals surface area contributed by atoms with E-state index in [9.17, 15) is 4.39 Å². The van der Waals surface area contributed by atoms with E-state index in [0.717, 1.165) is 28.5 Å². The van der Waals surface area contributed by atoms with Gasteiger partial charge < -0.3 is 5.32 Å². The van der Waals surface area contributed by atoms with E-state index in [-0.39, 0.29) is 5.82 Å². The van der Waals surface area contributed by atoms with Gasteiger partial charge in [0.05, 0.1) is 0 Å². The van der Waals surface area contributed by atoms with Crippen molar-refractivity contribution in [2.24, 2.45) is 0 Å². The van der Waals surface area contributed by atoms with Gasteiger partial charge in [0.25, 0.3) is 0 Å². The maximum atomic E-state index is 13.7. The van der Waals surface area contributed by atoms with Crippen LogP contribution in [0.1, 0.15) is 11.1 Å². The molecule has 0 aliphatic heterocycles. The lowest BCUT2D eigenvalue weighted by Gasteiger charge is -2.07. The van der Waals surface area contributed by atoms with Gasteiger partial charge in [-0.3, -0.25) is 4.98 Å². The molecule has 0 saturated carbocycles. The standard InChI is InChI=1S/C18H16BrFN2/c19-17-4-3-14(18(20)10-17)5-7-21-11-13-1-2-16-12-22-8-6-15(16)9-13/h1-4,6,8-10,12,21H,5,7,11H2. The molecule has 2 aromatic carbocycles. The molecule has 3 aromatic rings. The van der Waals surface area contributed by atoms with E-state index in [4.69, 9.17) is 0 Å². The second-order valence-corrected chi connectivity index (χ2v) is 6.14. The molecule has 0 fully saturated rings. The van der Waals surface area contributed by atoms with Gasteiger partial charge in [0.2, 0.25) is 0 Å². The molecular formula is C18H16BrFN2. The van der Waals surface area contributed by atoms with Crippen molar-refractivity contribution in [3.8, 4) is 0 Å². The van der Waals surface area contributed by atoms with Crippen LogP contribution >= 0.6 is 15.9 Å². The summed E-state index contributed by atoms with van der Waals surface area (Å²) in [6.45, 7) is 1.52. The van der Waals surface area contributed by atoms with Gasteiger partial charge in [0.15, 0.2) is 0 Å². The summed E-state index contributed by atoms with van der Waals surface area (Å²) in [6.07, 6.45) is 4.34. The molecule has 0 spiro atoms. The molecule has 22 heavy (non-hydrogen) atoms. The molecule has 0 bridgehead atoms. The second kappa shape index (κ2) is 6.99. The summed E-state index contributed by atoms with van der Waals surface area (Å²) in [5.74, 6) is -0.158. The summed E-state index contributed by atoms with van der Waals surface area (Å²) in [5, 5.41) is 5.69. The third-order valence-electron chi connectivity index (χ3n) is 3.62. The van der Waals surface area contributed by atoms with Crippen LogP contribution in [-0.2, 0) is 13.0 Å². The highest BCUT2D eigenvalue weighted by Crippen LogP contribution is 2.16. The predicted molar refractivity (Wildman–Crippen MR) is 91.3 cm³/mol. The summed E-state index contributed by atoms with van der Waals surface area (Å²) < 4.78 is 14.5. The molecule has 112 valence electrons. The van der Waals surface area contributed by atoms with Crippen molar-refractivity contribution >= 4 is 26.7 Å². The number of fused-ring (bicyclic) bond motifs is 1. The highest BCUT2D eigenvalue weighted by molar-refractivity contribution is 9.10. The number of halogens is 2. The summed E-state index contributed by atoms with van der Waals surface area (Å²) in [4.78, 5) is 4.11. The average molecular weight is 359 g/mol. The van der Waals surface area contributed by atoms with E-state index >= 15 is 0 Å². The molecule has 0 saturated heterocycles. The molecule has 0 amide bonds. The van der Waals surface area contributed by atoms with Gasteiger partial charge in [-0.15, -0.1) is 0 Å². The largest absolute Gasteiger partial charge is 0.312 e. The Morgan fingerprint density at radius 1 is 1.05 bits per heavy atom. The Morgan fingerprint density at radius 3 is 2.82 bits per heavy atom. The maximum absolute atomic E-state index is 13.7. The Morgan fingerprint density at radius 2 is 1.95 bits per heavy atom. The first-order valence-corrected chi connectivity index (χ1v) is 7.99. The Bertz CT molecular complexity index is 789. The van der Waals surface area contributed by atoms with Crippen LogP contribution in [0, 0.1) is 5.82 Å². The average Bonchev–Trinajstić information content (AvgIpc) is 2.53. The summed E-state index contributed by atoms with van der Waals surface area (Å²) in [5.41, 5.74) is 1.95. The summed E-state index contributed by atoms with van der Waals surface area (Å²) >= 11 is 3.27. The summed E-state index contributed by atoms with van der Waals surface area (Å²) in [6, 6.07) is 13.5. The molecular weight excluding hydrogens is 343 g/mol. The zero-order chi connectivity index (χ0) is 15.4. The molecule has 2 nitrogen and oxygen atoms in total. The number of hydrogen-bond donors (Lipinski definition) is 1. The van der Waals surface area contributed by atoms with E-state index in [1.807, 2.05) is 24.4 Å². The quantitative estimate of drug-likeness (QED) is 0.680. The Hall–Kier alpha value is -1.78. The van der Waals surface area contributed by atoms with E-state index in [2.05, 4.69) is 44.4 Å². The van der Waals surface area contributed by atoms with Crippen LogP contribution in [0.5, 0.6) is 0 Å². The van der Waals surface area contributed by atoms with Crippen molar-refractivity contribution < 1.29 is 4.39 Å². The highest BCUT2D eigenvalue weighted by Gasteiger charge is 2.02. The number of nitrogens with zero attached hydrogens (tertiary/aromatic N) is 1. The number of aromatic nitrogens is 1. The van der Waals surface area contributed by atoms with Crippen LogP contribution in [0.2, 0.25) is 0 Å². The van der Waals surface area contributed by atoms with Crippen LogP contribution < -0.4 is 5.32 Å². The predicted octanol–water partition coefficient (Wildman–Crippen LogP) is 4.47. The summed E-state index contributed by atoms with van der Waals surface area (Å²) in [7, 11) is 0. The number of hydrogen-bond acceptors (Lipinski definition) is 2. The topological polar surface area (TPSA) is 24.9 Å². The first-order chi connectivity index (χ1) is 10.7. The van der Waals surface area contributed by atoms with Gasteiger partial charge >= 0.3 is 0 Å². The zero-order valence-electron chi connectivity index (χ0n) is 12.0. The van der Waals surface area contributed by atoms with Gasteiger partial charge in [0, 0.05) is 28.8 Å². The fraction of sp³-hybridized carbons (Fsp3) is 0.167. The normalized spacial score (nSPS) is 11.0. The third-order valence-corrected chi connectivity index (χ3v) is 4.11. The minimum absolute atomic E-state index is 0.158. The first-order valence-electron chi connectivity index (χ1n) is 7.20. The fourth-order valence-electron chi connectivity index (χ4n) is 2.42. The van der Waals surface area contributed by atoms with E-state index in [1.54, 1.807) is 6.20 Å². The van der Waals surface area contributed by atoms with Gasteiger partial charge in [-0.25, -0.2) is 4.39 Å². The van der Waals surface area contributed by atoms with Crippen LogP contribution in [0.3, 0.4) is 0 Å². The number of rotatable bonds is 5. The Labute approximate surface area is 137 Å². The smallest absolute Gasteiger partial charge is 0.127 e. The van der Waals surface area contributed by atoms with Crippen molar-refractivity contribution in [2.45, 2.75) is 13.0 Å². The van der Waals surface area contributed by atoms with Gasteiger partial charge in [0.1, 0.15) is 5.82 Å². The Kier molecular flexibility index (Phi) is 4.80. The minimum atomic E-state index is -0.158. The Balaban J connectivity index is 1.55. The van der Waals surface area contributed by atoms with E-state index in [0.29, 0.717) is 6.42 Å². The lowest BCUT2D eigenvalue weighted by Crippen LogP contribution is -2.17. The van der Waals surface area contributed by atoms with Crippen LogP contribution in [0.4, 0.5) is 4.39 Å². The number of pyridine rings is 1. The fourth-order valence-corrected chi connectivity index (χ4v) is 2.76. The monoisotopic (exact) mass is 358 g/mol. The molecule has 3 rings (SSSR count). The molecule has 0 aliphatic rings. The molecule has 0 atom stereocenters. The van der Waals surface area contributed by atoms with E-state index < -0.39 is 0 Å². The van der Waals surface area contributed by atoms with E-state index in [1.165, 1.54) is 17.0 Å². The maximum Gasteiger partial charge on any atom is 0.127 e. The molecule has 1 aromatic heterocycles. The number of benzene rings is 2. The van der Waals surface area contributed by atoms with Crippen LogP contribution in [0.25, 0.3) is 10.8 Å². The van der Waals surface area contributed by atoms with Gasteiger partial charge in [-0.05, 0) is 53.7 Å². The molecule has 1 heterocycles. The SMILES string of the molecule is Fc1cc(Br)ccc1CCNCc1ccc2cnccc2c1. The molecule has 1 N–H and O–H groups in total. The molecule has 0 radical (unpaired) electrons. The highest BCUT2D eigenvalue weighted by atomic mass is 79.9. The zero-order valence-corrected chi connectivity index (χ0v) is 13.6. The molecule has 4 heteroatoms. The van der Waals surface area contributed by atoms with Crippen molar-refractivity contribution in [3.05, 3.63) is 76.3 Å². The van der Waals surface area contributed by atoms with Crippen molar-refractivity contribution in [2.75, 3.05) is 6.54 Å². The van der Waals surface area contributed by atoms with Gasteiger partial charge in [-0.1, -0.05) is 34.1 Å². The van der Waals surface area contributed by atoms with Crippen molar-refractivity contribution in [1.29, 1.82) is 0 Å². The van der Waals surface area contributed by atoms with Gasteiger partial charge in [-0.2, -0.15) is 0 Å². The number of nitrogens with one attached hydrogen (secondary N) is 1. The lowest BCUT2D eigenvalue weighted by atomic mass is 10.1. The molecule has 0 aliphatic carbocycles. The van der Waals surface area contributed by atoms with Crippen molar-refractivity contribution in [3.63, 3.8) is 0 Å². The molecule has 0 unspecified atom stereocenters. The van der Waals surface area contributed by atoms with Crippen LogP contribution in [0.15, 0.2) is 59.3 Å². The third kappa shape index (κ3) is 3.70. The van der Waals surface area contributed by atoms with Crippen LogP contribution in [-0.4, -0.2) is 11.5 Å². The van der Waals surface area contributed by atoms with Crippen molar-refractivity contribution in [1.82, 2.24) is 10.3 Å².